The van der Waals surface area contributed by atoms with Crippen molar-refractivity contribution in [2.45, 2.75) is 59.2 Å². The summed E-state index contributed by atoms with van der Waals surface area (Å²) in [7, 11) is 0. The summed E-state index contributed by atoms with van der Waals surface area (Å²) in [6, 6.07) is 2.22. The van der Waals surface area contributed by atoms with E-state index in [0.29, 0.717) is 5.92 Å². The summed E-state index contributed by atoms with van der Waals surface area (Å²) in [6.07, 6.45) is 2.63. The van der Waals surface area contributed by atoms with Gasteiger partial charge >= 0.3 is 0 Å². The topological polar surface area (TPSA) is 48.4 Å². The normalized spacial score (nSPS) is 23.4. The Balaban J connectivity index is 2.05. The van der Waals surface area contributed by atoms with E-state index in [1.165, 1.54) is 11.1 Å². The zero-order chi connectivity index (χ0) is 15.6. The van der Waals surface area contributed by atoms with Crippen LogP contribution in [-0.2, 0) is 6.54 Å². The molecule has 4 nitrogen and oxygen atoms in total. The number of hydrogen-bond donors (Lipinski definition) is 2. The van der Waals surface area contributed by atoms with Gasteiger partial charge in [0.05, 0.1) is 6.10 Å². The summed E-state index contributed by atoms with van der Waals surface area (Å²) in [5, 5.41) is 13.3. The van der Waals surface area contributed by atoms with Crippen molar-refractivity contribution in [1.82, 2.24) is 10.3 Å². The molecule has 4 heteroatoms. The number of pyridine rings is 1. The van der Waals surface area contributed by atoms with E-state index >= 15 is 0 Å². The Kier molecular flexibility index (Phi) is 4.89. The third kappa shape index (κ3) is 4.42. The minimum Gasteiger partial charge on any atom is -0.393 e. The number of aromatic nitrogens is 1. The predicted octanol–water partition coefficient (Wildman–Crippen LogP) is 2.49. The maximum absolute atomic E-state index is 9.85. The lowest BCUT2D eigenvalue weighted by Gasteiger charge is -2.36. The van der Waals surface area contributed by atoms with Crippen LogP contribution >= 0.6 is 0 Å². The molecule has 118 valence electrons. The number of hydrogen-bond acceptors (Lipinski definition) is 4. The van der Waals surface area contributed by atoms with Crippen molar-refractivity contribution in [3.05, 3.63) is 23.4 Å². The Morgan fingerprint density at radius 2 is 2.14 bits per heavy atom. The quantitative estimate of drug-likeness (QED) is 0.898. The van der Waals surface area contributed by atoms with Gasteiger partial charge in [0.25, 0.3) is 0 Å². The first-order valence-electron chi connectivity index (χ1n) is 7.90. The van der Waals surface area contributed by atoms with Gasteiger partial charge in [0.15, 0.2) is 0 Å². The molecule has 1 aromatic heterocycles. The molecule has 1 aliphatic heterocycles. The molecule has 2 unspecified atom stereocenters. The van der Waals surface area contributed by atoms with Crippen LogP contribution < -0.4 is 10.2 Å². The van der Waals surface area contributed by atoms with E-state index in [9.17, 15) is 5.11 Å². The van der Waals surface area contributed by atoms with Gasteiger partial charge < -0.3 is 15.3 Å². The number of nitrogens with zero attached hydrogens (tertiary/aromatic N) is 2. The highest BCUT2D eigenvalue weighted by Gasteiger charge is 2.25. The van der Waals surface area contributed by atoms with Gasteiger partial charge in [0.1, 0.15) is 5.82 Å². The molecule has 0 radical (unpaired) electrons. The standard InChI is InChI=1S/C17H29N3O/c1-12-8-14(10-19-17(3,4)5)9-18-16(12)20-7-6-15(21)13(2)11-20/h8-9,13,15,19,21H,6-7,10-11H2,1-5H3. The summed E-state index contributed by atoms with van der Waals surface area (Å²) in [5.41, 5.74) is 2.55. The van der Waals surface area contributed by atoms with Crippen molar-refractivity contribution in [3.63, 3.8) is 0 Å². The third-order valence-electron chi connectivity index (χ3n) is 4.09. The van der Waals surface area contributed by atoms with Crippen LogP contribution in [0.15, 0.2) is 12.3 Å². The first kappa shape index (κ1) is 16.2. The van der Waals surface area contributed by atoms with Crippen LogP contribution in [0, 0.1) is 12.8 Å². The SMILES string of the molecule is Cc1cc(CNC(C)(C)C)cnc1N1CCC(O)C(C)C1. The van der Waals surface area contributed by atoms with Gasteiger partial charge in [-0.1, -0.05) is 6.92 Å². The number of piperidine rings is 1. The molecule has 0 amide bonds. The highest BCUT2D eigenvalue weighted by atomic mass is 16.3. The molecule has 21 heavy (non-hydrogen) atoms. The van der Waals surface area contributed by atoms with Crippen molar-refractivity contribution < 1.29 is 5.11 Å². The van der Waals surface area contributed by atoms with E-state index in [2.05, 4.69) is 55.9 Å². The fraction of sp³-hybridized carbons (Fsp3) is 0.706. The first-order chi connectivity index (χ1) is 9.76. The zero-order valence-corrected chi connectivity index (χ0v) is 14.0. The lowest BCUT2D eigenvalue weighted by Crippen LogP contribution is -2.42. The Bertz CT molecular complexity index is 481. The van der Waals surface area contributed by atoms with Gasteiger partial charge in [-0.15, -0.1) is 0 Å². The molecule has 0 spiro atoms. The molecule has 1 fully saturated rings. The highest BCUT2D eigenvalue weighted by molar-refractivity contribution is 5.48. The Hall–Kier alpha value is -1.13. The lowest BCUT2D eigenvalue weighted by atomic mass is 9.96. The van der Waals surface area contributed by atoms with E-state index in [1.807, 2.05) is 6.20 Å². The van der Waals surface area contributed by atoms with Crippen molar-refractivity contribution in [3.8, 4) is 0 Å². The van der Waals surface area contributed by atoms with Gasteiger partial charge in [0, 0.05) is 31.4 Å². The molecule has 1 aromatic rings. The minimum atomic E-state index is -0.170. The molecule has 0 saturated carbocycles. The molecule has 2 N–H and O–H groups in total. The first-order valence-corrected chi connectivity index (χ1v) is 7.90. The minimum absolute atomic E-state index is 0.116. The van der Waals surface area contributed by atoms with E-state index in [-0.39, 0.29) is 11.6 Å². The molecule has 1 saturated heterocycles. The molecule has 2 rings (SSSR count). The summed E-state index contributed by atoms with van der Waals surface area (Å²) in [4.78, 5) is 6.97. The number of rotatable bonds is 3. The maximum atomic E-state index is 9.85. The average molecular weight is 291 g/mol. The van der Waals surface area contributed by atoms with Crippen LogP contribution in [0.25, 0.3) is 0 Å². The second-order valence-electron chi connectivity index (χ2n) is 7.37. The van der Waals surface area contributed by atoms with Crippen LogP contribution in [0.3, 0.4) is 0 Å². The molecule has 2 heterocycles. The molecule has 2 atom stereocenters. The second-order valence-corrected chi connectivity index (χ2v) is 7.37. The Morgan fingerprint density at radius 3 is 2.71 bits per heavy atom. The Morgan fingerprint density at radius 1 is 1.43 bits per heavy atom. The van der Waals surface area contributed by atoms with Gasteiger partial charge in [-0.2, -0.15) is 0 Å². The number of nitrogens with one attached hydrogen (secondary N) is 1. The largest absolute Gasteiger partial charge is 0.393 e. The zero-order valence-electron chi connectivity index (χ0n) is 14.0. The number of aliphatic hydroxyl groups is 1. The summed E-state index contributed by atoms with van der Waals surface area (Å²) >= 11 is 0. The van der Waals surface area contributed by atoms with Crippen LogP contribution in [0.1, 0.15) is 45.2 Å². The van der Waals surface area contributed by atoms with Gasteiger partial charge in [-0.05, 0) is 57.2 Å². The monoisotopic (exact) mass is 291 g/mol. The van der Waals surface area contributed by atoms with Gasteiger partial charge in [-0.25, -0.2) is 4.98 Å². The summed E-state index contributed by atoms with van der Waals surface area (Å²) in [6.45, 7) is 13.3. The molecule has 0 aliphatic carbocycles. The van der Waals surface area contributed by atoms with Crippen molar-refractivity contribution in [2.75, 3.05) is 18.0 Å². The molecular formula is C17H29N3O. The highest BCUT2D eigenvalue weighted by Crippen LogP contribution is 2.25. The van der Waals surface area contributed by atoms with Crippen molar-refractivity contribution >= 4 is 5.82 Å². The summed E-state index contributed by atoms with van der Waals surface area (Å²) < 4.78 is 0. The predicted molar refractivity (Wildman–Crippen MR) is 87.6 cm³/mol. The van der Waals surface area contributed by atoms with Crippen molar-refractivity contribution in [1.29, 1.82) is 0 Å². The molecule has 0 aromatic carbocycles. The van der Waals surface area contributed by atoms with Gasteiger partial charge in [-0.3, -0.25) is 0 Å². The summed E-state index contributed by atoms with van der Waals surface area (Å²) in [5.74, 6) is 1.37. The fourth-order valence-electron chi connectivity index (χ4n) is 2.75. The van der Waals surface area contributed by atoms with E-state index in [1.54, 1.807) is 0 Å². The van der Waals surface area contributed by atoms with Crippen LogP contribution in [0.5, 0.6) is 0 Å². The third-order valence-corrected chi connectivity index (χ3v) is 4.09. The maximum Gasteiger partial charge on any atom is 0.131 e. The van der Waals surface area contributed by atoms with E-state index < -0.39 is 0 Å². The van der Waals surface area contributed by atoms with E-state index in [4.69, 9.17) is 0 Å². The average Bonchev–Trinajstić information content (AvgIpc) is 2.39. The molecular weight excluding hydrogens is 262 g/mol. The lowest BCUT2D eigenvalue weighted by molar-refractivity contribution is 0.0968. The fourth-order valence-corrected chi connectivity index (χ4v) is 2.75. The Labute approximate surface area is 128 Å². The van der Waals surface area contributed by atoms with Crippen LogP contribution in [-0.4, -0.2) is 34.8 Å². The molecule has 1 aliphatic rings. The number of aryl methyl sites for hydroxylation is 1. The van der Waals surface area contributed by atoms with E-state index in [0.717, 1.165) is 31.9 Å². The molecule has 0 bridgehead atoms. The number of anilines is 1. The van der Waals surface area contributed by atoms with Crippen LogP contribution in [0.2, 0.25) is 0 Å². The second kappa shape index (κ2) is 6.32. The number of aliphatic hydroxyl groups excluding tert-OH is 1. The van der Waals surface area contributed by atoms with Crippen LogP contribution in [0.4, 0.5) is 5.82 Å². The smallest absolute Gasteiger partial charge is 0.131 e. The van der Waals surface area contributed by atoms with Crippen molar-refractivity contribution in [2.24, 2.45) is 5.92 Å². The van der Waals surface area contributed by atoms with Gasteiger partial charge in [0.2, 0.25) is 0 Å².